The van der Waals surface area contributed by atoms with E-state index in [0.29, 0.717) is 0 Å². The summed E-state index contributed by atoms with van der Waals surface area (Å²) in [6.07, 6.45) is 3.62. The average Bonchev–Trinajstić information content (AvgIpc) is 2.86. The predicted octanol–water partition coefficient (Wildman–Crippen LogP) is 2.57. The van der Waals surface area contributed by atoms with Crippen molar-refractivity contribution in [3.05, 3.63) is 66.4 Å². The molecule has 5 heteroatoms. The number of benzene rings is 2. The highest BCUT2D eigenvalue weighted by Gasteiger charge is 2.07. The van der Waals surface area contributed by atoms with Gasteiger partial charge in [0, 0.05) is 22.7 Å². The molecule has 0 atom stereocenters. The third-order valence-corrected chi connectivity index (χ3v) is 3.32. The molecule has 1 amide bonds. The Morgan fingerprint density at radius 2 is 1.86 bits per heavy atom. The molecule has 0 fully saturated rings. The van der Waals surface area contributed by atoms with E-state index in [1.165, 1.54) is 0 Å². The minimum atomic E-state index is -0.369. The van der Waals surface area contributed by atoms with E-state index in [0.717, 1.165) is 22.2 Å². The number of carbonyl (C=O) groups is 1. The Labute approximate surface area is 128 Å². The molecule has 22 heavy (non-hydrogen) atoms. The Hall–Kier alpha value is -3.08. The fraction of sp³-hybridized carbons (Fsp3) is 0.0588. The number of hydrazone groups is 1. The third kappa shape index (κ3) is 2.98. The van der Waals surface area contributed by atoms with Gasteiger partial charge in [-0.25, -0.2) is 0 Å². The van der Waals surface area contributed by atoms with Gasteiger partial charge < -0.3 is 10.3 Å². The first-order valence-electron chi connectivity index (χ1n) is 6.94. The number of nitrogens with two attached hydrogens (primary N) is 1. The maximum Gasteiger partial charge on any atom is 0.237 e. The van der Waals surface area contributed by atoms with Crippen molar-refractivity contribution in [1.29, 1.82) is 0 Å². The molecule has 0 aliphatic heterocycles. The molecule has 0 spiro atoms. The third-order valence-electron chi connectivity index (χ3n) is 3.32. The van der Waals surface area contributed by atoms with Crippen LogP contribution in [0.1, 0.15) is 5.56 Å². The Morgan fingerprint density at radius 1 is 1.14 bits per heavy atom. The van der Waals surface area contributed by atoms with Crippen LogP contribution in [0.5, 0.6) is 0 Å². The summed E-state index contributed by atoms with van der Waals surface area (Å²) >= 11 is 0. The van der Waals surface area contributed by atoms with Gasteiger partial charge in [0.15, 0.2) is 0 Å². The molecule has 110 valence electrons. The zero-order valence-corrected chi connectivity index (χ0v) is 11.9. The van der Waals surface area contributed by atoms with Crippen molar-refractivity contribution < 1.29 is 4.79 Å². The summed E-state index contributed by atoms with van der Waals surface area (Å²) in [4.78, 5) is 11.2. The SMILES string of the molecule is NC(=O)Cn1cc(/C=N\Nc2ccccc2)c2ccccc21. The highest BCUT2D eigenvalue weighted by atomic mass is 16.1. The summed E-state index contributed by atoms with van der Waals surface area (Å²) in [6.45, 7) is 0.153. The molecule has 0 saturated carbocycles. The van der Waals surface area contributed by atoms with Crippen LogP contribution in [0.4, 0.5) is 5.69 Å². The largest absolute Gasteiger partial charge is 0.368 e. The maximum absolute atomic E-state index is 11.2. The first-order valence-corrected chi connectivity index (χ1v) is 6.94. The summed E-state index contributed by atoms with van der Waals surface area (Å²) in [6, 6.07) is 17.6. The molecule has 3 rings (SSSR count). The zero-order valence-electron chi connectivity index (χ0n) is 11.9. The molecule has 0 aliphatic carbocycles. The van der Waals surface area contributed by atoms with Crippen LogP contribution in [0.2, 0.25) is 0 Å². The number of primary amides is 1. The van der Waals surface area contributed by atoms with Gasteiger partial charge in [0.05, 0.1) is 11.9 Å². The maximum atomic E-state index is 11.2. The number of aromatic nitrogens is 1. The van der Waals surface area contributed by atoms with Gasteiger partial charge in [0.2, 0.25) is 5.91 Å². The fourth-order valence-corrected chi connectivity index (χ4v) is 2.37. The summed E-state index contributed by atoms with van der Waals surface area (Å²) in [5, 5.41) is 5.28. The van der Waals surface area contributed by atoms with Crippen LogP contribution >= 0.6 is 0 Å². The van der Waals surface area contributed by atoms with Crippen molar-refractivity contribution in [3.63, 3.8) is 0 Å². The molecule has 0 saturated heterocycles. The number of fused-ring (bicyclic) bond motifs is 1. The summed E-state index contributed by atoms with van der Waals surface area (Å²) < 4.78 is 1.83. The van der Waals surface area contributed by atoms with Crippen LogP contribution < -0.4 is 11.2 Å². The van der Waals surface area contributed by atoms with Gasteiger partial charge in [-0.05, 0) is 18.2 Å². The van der Waals surface area contributed by atoms with Gasteiger partial charge in [0.25, 0.3) is 0 Å². The lowest BCUT2D eigenvalue weighted by Gasteiger charge is -2.00. The number of hydrogen-bond acceptors (Lipinski definition) is 3. The molecular formula is C17H16N4O. The van der Waals surface area contributed by atoms with E-state index >= 15 is 0 Å². The minimum Gasteiger partial charge on any atom is -0.368 e. The van der Waals surface area contributed by atoms with Gasteiger partial charge >= 0.3 is 0 Å². The van der Waals surface area contributed by atoms with E-state index in [-0.39, 0.29) is 12.5 Å². The van der Waals surface area contributed by atoms with Crippen molar-refractivity contribution >= 4 is 28.7 Å². The Morgan fingerprint density at radius 3 is 2.64 bits per heavy atom. The van der Waals surface area contributed by atoms with Crippen molar-refractivity contribution in [2.75, 3.05) is 5.43 Å². The number of nitrogens with zero attached hydrogens (tertiary/aromatic N) is 2. The van der Waals surface area contributed by atoms with E-state index in [2.05, 4.69) is 10.5 Å². The van der Waals surface area contributed by atoms with Gasteiger partial charge in [-0.2, -0.15) is 5.10 Å². The lowest BCUT2D eigenvalue weighted by Crippen LogP contribution is -2.17. The quantitative estimate of drug-likeness (QED) is 0.560. The van der Waals surface area contributed by atoms with E-state index in [4.69, 9.17) is 5.73 Å². The van der Waals surface area contributed by atoms with Crippen LogP contribution in [0.3, 0.4) is 0 Å². The van der Waals surface area contributed by atoms with Crippen molar-refractivity contribution in [2.24, 2.45) is 10.8 Å². The molecular weight excluding hydrogens is 276 g/mol. The standard InChI is InChI=1S/C17H16N4O/c18-17(22)12-21-11-13(15-8-4-5-9-16(15)21)10-19-20-14-6-2-1-3-7-14/h1-11,20H,12H2,(H2,18,22)/b19-10-. The first-order chi connectivity index (χ1) is 10.7. The lowest BCUT2D eigenvalue weighted by atomic mass is 10.2. The number of rotatable bonds is 5. The topological polar surface area (TPSA) is 72.4 Å². The van der Waals surface area contributed by atoms with Crippen LogP contribution in [0, 0.1) is 0 Å². The number of para-hydroxylation sites is 2. The normalized spacial score (nSPS) is 11.1. The number of hydrogen-bond donors (Lipinski definition) is 2. The van der Waals surface area contributed by atoms with Crippen LogP contribution in [-0.2, 0) is 11.3 Å². The van der Waals surface area contributed by atoms with Gasteiger partial charge in [-0.3, -0.25) is 10.2 Å². The van der Waals surface area contributed by atoms with Crippen molar-refractivity contribution in [2.45, 2.75) is 6.54 Å². The zero-order chi connectivity index (χ0) is 15.4. The molecule has 0 aliphatic rings. The molecule has 3 aromatic rings. The monoisotopic (exact) mass is 292 g/mol. The molecule has 1 heterocycles. The molecule has 5 nitrogen and oxygen atoms in total. The highest BCUT2D eigenvalue weighted by Crippen LogP contribution is 2.20. The average molecular weight is 292 g/mol. The first kappa shape index (κ1) is 13.9. The van der Waals surface area contributed by atoms with Gasteiger partial charge in [-0.15, -0.1) is 0 Å². The van der Waals surface area contributed by atoms with Crippen LogP contribution in [0.25, 0.3) is 10.9 Å². The van der Waals surface area contributed by atoms with Crippen LogP contribution in [-0.4, -0.2) is 16.7 Å². The smallest absolute Gasteiger partial charge is 0.237 e. The molecule has 0 unspecified atom stereocenters. The second-order valence-corrected chi connectivity index (χ2v) is 4.93. The van der Waals surface area contributed by atoms with Crippen molar-refractivity contribution in [1.82, 2.24) is 4.57 Å². The Bertz CT molecular complexity index is 821. The van der Waals surface area contributed by atoms with Gasteiger partial charge in [0.1, 0.15) is 6.54 Å². The second-order valence-electron chi connectivity index (χ2n) is 4.93. The second kappa shape index (κ2) is 6.13. The fourth-order valence-electron chi connectivity index (χ4n) is 2.37. The number of nitrogens with one attached hydrogen (secondary N) is 1. The van der Waals surface area contributed by atoms with E-state index in [1.807, 2.05) is 65.4 Å². The van der Waals surface area contributed by atoms with Gasteiger partial charge in [-0.1, -0.05) is 36.4 Å². The van der Waals surface area contributed by atoms with E-state index in [9.17, 15) is 4.79 Å². The molecule has 0 radical (unpaired) electrons. The summed E-state index contributed by atoms with van der Waals surface area (Å²) in [5.74, 6) is -0.369. The Kier molecular flexibility index (Phi) is 3.87. The molecule has 1 aromatic heterocycles. The summed E-state index contributed by atoms with van der Waals surface area (Å²) in [7, 11) is 0. The van der Waals surface area contributed by atoms with E-state index < -0.39 is 0 Å². The molecule has 0 bridgehead atoms. The van der Waals surface area contributed by atoms with Crippen LogP contribution in [0.15, 0.2) is 65.9 Å². The predicted molar refractivity (Wildman–Crippen MR) is 88.8 cm³/mol. The number of amides is 1. The Balaban J connectivity index is 1.88. The van der Waals surface area contributed by atoms with E-state index in [1.54, 1.807) is 6.21 Å². The number of anilines is 1. The highest BCUT2D eigenvalue weighted by molar-refractivity contribution is 6.00. The molecule has 2 aromatic carbocycles. The molecule has 3 N–H and O–H groups in total. The van der Waals surface area contributed by atoms with Crippen molar-refractivity contribution in [3.8, 4) is 0 Å². The number of carbonyl (C=O) groups excluding carboxylic acids is 1. The lowest BCUT2D eigenvalue weighted by molar-refractivity contribution is -0.118. The minimum absolute atomic E-state index is 0.153. The summed E-state index contributed by atoms with van der Waals surface area (Å²) in [5.41, 5.74) is 11.1.